The molecular weight excluding hydrogens is 336 g/mol. The van der Waals surface area contributed by atoms with Crippen LogP contribution in [-0.4, -0.2) is 59.2 Å². The molecule has 1 aliphatic carbocycles. The average molecular weight is 370 g/mol. The van der Waals surface area contributed by atoms with Crippen molar-refractivity contribution in [2.24, 2.45) is 17.8 Å². The highest BCUT2D eigenvalue weighted by Gasteiger charge is 2.80. The Morgan fingerprint density at radius 1 is 1.19 bits per heavy atom. The second-order valence-corrected chi connectivity index (χ2v) is 10.2. The summed E-state index contributed by atoms with van der Waals surface area (Å²) < 4.78 is 0.931. The Hall–Kier alpha value is -0.940. The first kappa shape index (κ1) is 17.0. The molecule has 146 valence electrons. The van der Waals surface area contributed by atoms with Crippen molar-refractivity contribution in [2.75, 3.05) is 13.6 Å². The van der Waals surface area contributed by atoms with Crippen LogP contribution in [0, 0.1) is 17.8 Å². The second kappa shape index (κ2) is 5.15. The molecule has 4 heteroatoms. The molecule has 2 N–H and O–H groups in total. The van der Waals surface area contributed by atoms with Gasteiger partial charge in [0, 0.05) is 23.4 Å². The Balaban J connectivity index is 1.61. The van der Waals surface area contributed by atoms with Crippen LogP contribution in [0.2, 0.25) is 0 Å². The Morgan fingerprint density at radius 2 is 1.96 bits per heavy atom. The molecule has 0 aromatic heterocycles. The van der Waals surface area contributed by atoms with Crippen molar-refractivity contribution in [1.82, 2.24) is 9.38 Å². The normalized spacial score (nSPS) is 56.4. The summed E-state index contributed by atoms with van der Waals surface area (Å²) in [6, 6.07) is 10.1. The molecule has 27 heavy (non-hydrogen) atoms. The minimum Gasteiger partial charge on any atom is -0.392 e. The van der Waals surface area contributed by atoms with E-state index >= 15 is 0 Å². The highest BCUT2D eigenvalue weighted by molar-refractivity contribution is 5.64. The van der Waals surface area contributed by atoms with Gasteiger partial charge in [-0.3, -0.25) is 9.38 Å². The molecule has 5 heterocycles. The molecule has 0 amide bonds. The van der Waals surface area contributed by atoms with Crippen LogP contribution < -0.4 is 4.48 Å². The second-order valence-electron chi connectivity index (χ2n) is 10.2. The first-order valence-corrected chi connectivity index (χ1v) is 11.1. The van der Waals surface area contributed by atoms with E-state index in [1.807, 2.05) is 0 Å². The number of piperidine rings is 4. The molecule has 5 bridgehead atoms. The number of rotatable bonds is 3. The summed E-state index contributed by atoms with van der Waals surface area (Å²) in [5, 5.41) is 23.2. The summed E-state index contributed by atoms with van der Waals surface area (Å²) in [7, 11) is 2.40. The molecule has 5 aliphatic heterocycles. The smallest absolute Gasteiger partial charge is 0.137 e. The quantitative estimate of drug-likeness (QED) is 0.805. The lowest BCUT2D eigenvalue weighted by Crippen LogP contribution is -2.75. The zero-order valence-electron chi connectivity index (χ0n) is 16.8. The maximum atomic E-state index is 11.9. The average Bonchev–Trinajstić information content (AvgIpc) is 3.01. The number of hydrogen-bond donors (Lipinski definition) is 2. The molecule has 1 saturated carbocycles. The fourth-order valence-corrected chi connectivity index (χ4v) is 9.03. The van der Waals surface area contributed by atoms with E-state index < -0.39 is 0 Å². The van der Waals surface area contributed by atoms with E-state index in [1.54, 1.807) is 0 Å². The van der Waals surface area contributed by atoms with Crippen LogP contribution in [-0.2, 0) is 5.41 Å². The first-order valence-electron chi connectivity index (χ1n) is 11.1. The van der Waals surface area contributed by atoms with Gasteiger partial charge in [-0.15, -0.1) is 0 Å². The van der Waals surface area contributed by atoms with E-state index in [9.17, 15) is 10.2 Å². The van der Waals surface area contributed by atoms with Crippen LogP contribution in [0.25, 0.3) is 0 Å². The van der Waals surface area contributed by atoms with Crippen LogP contribution in [0.3, 0.4) is 0 Å². The van der Waals surface area contributed by atoms with Crippen molar-refractivity contribution in [2.45, 2.75) is 75.4 Å². The number of hydrogen-bond acceptors (Lipinski definition) is 3. The SMILES string of the molecule is CCC[N+]1(C)c2ccccc2[C@]23C[C@H]4[C@H]([C@H]5C[C@@H]([C@@H]21)N4[C@H](O)[C@H]5CC)[C@H]3O. The standard InChI is InChI=1S/C23H33N2O2/c1-4-10-25(3)18-9-7-6-8-15(18)23-12-17-19(21(23)26)14-11-16(20(23)25)24(17)22(27)13(14)5-2/h6-9,13-14,16-17,19-22,26-27H,4-5,10-12H2,1-3H3/q+1/t13-,14-,16-,17-,19-,20-,21+,22+,23+,25?/m0/s1. The van der Waals surface area contributed by atoms with Crippen LogP contribution in [0.4, 0.5) is 5.69 Å². The van der Waals surface area contributed by atoms with Gasteiger partial charge in [0.05, 0.1) is 31.2 Å². The van der Waals surface area contributed by atoms with Crippen LogP contribution >= 0.6 is 0 Å². The zero-order valence-corrected chi connectivity index (χ0v) is 16.8. The molecule has 7 rings (SSSR count). The van der Waals surface area contributed by atoms with Crippen molar-refractivity contribution in [3.8, 4) is 0 Å². The lowest BCUT2D eigenvalue weighted by molar-refractivity contribution is -0.217. The first-order chi connectivity index (χ1) is 13.0. The molecule has 5 fully saturated rings. The van der Waals surface area contributed by atoms with Crippen LogP contribution in [0.1, 0.15) is 45.1 Å². The third kappa shape index (κ3) is 1.61. The van der Waals surface area contributed by atoms with Gasteiger partial charge in [0.15, 0.2) is 0 Å². The minimum absolute atomic E-state index is 0.117. The molecule has 1 spiro atoms. The predicted molar refractivity (Wildman–Crippen MR) is 106 cm³/mol. The molecule has 4 saturated heterocycles. The molecule has 1 aromatic carbocycles. The van der Waals surface area contributed by atoms with E-state index in [0.29, 0.717) is 35.9 Å². The Morgan fingerprint density at radius 3 is 2.70 bits per heavy atom. The highest BCUT2D eigenvalue weighted by Crippen LogP contribution is 2.70. The molecule has 0 radical (unpaired) electrons. The molecule has 1 aromatic rings. The number of aliphatic hydroxyl groups is 2. The lowest BCUT2D eigenvalue weighted by atomic mass is 9.62. The topological polar surface area (TPSA) is 43.7 Å². The van der Waals surface area contributed by atoms with Gasteiger partial charge in [-0.1, -0.05) is 32.0 Å². The predicted octanol–water partition coefficient (Wildman–Crippen LogP) is 2.47. The zero-order chi connectivity index (χ0) is 18.7. The number of nitrogens with zero attached hydrogens (tertiary/aromatic N) is 2. The van der Waals surface area contributed by atoms with Gasteiger partial charge in [-0.05, 0) is 37.7 Å². The Kier molecular flexibility index (Phi) is 3.24. The van der Waals surface area contributed by atoms with Crippen molar-refractivity contribution in [3.05, 3.63) is 29.8 Å². The summed E-state index contributed by atoms with van der Waals surface area (Å²) in [4.78, 5) is 2.48. The monoisotopic (exact) mass is 369 g/mol. The molecule has 6 aliphatic rings. The van der Waals surface area contributed by atoms with Crippen molar-refractivity contribution in [1.29, 1.82) is 0 Å². The van der Waals surface area contributed by atoms with E-state index in [4.69, 9.17) is 0 Å². The van der Waals surface area contributed by atoms with Gasteiger partial charge in [0.2, 0.25) is 0 Å². The third-order valence-electron chi connectivity index (χ3n) is 9.52. The summed E-state index contributed by atoms with van der Waals surface area (Å²) >= 11 is 0. The number of quaternary nitrogens is 1. The number of benzene rings is 1. The molecular formula is C23H33N2O2+. The van der Waals surface area contributed by atoms with Crippen LogP contribution in [0.5, 0.6) is 0 Å². The molecule has 11 atom stereocenters. The van der Waals surface area contributed by atoms with Crippen LogP contribution in [0.15, 0.2) is 24.3 Å². The van der Waals surface area contributed by atoms with Gasteiger partial charge >= 0.3 is 0 Å². The van der Waals surface area contributed by atoms with Crippen molar-refractivity contribution in [3.63, 3.8) is 0 Å². The number of para-hydroxylation sites is 1. The van der Waals surface area contributed by atoms with Crippen molar-refractivity contribution >= 4 is 5.69 Å². The van der Waals surface area contributed by atoms with E-state index in [1.165, 1.54) is 11.3 Å². The Labute approximate surface area is 162 Å². The Bertz CT molecular complexity index is 798. The van der Waals surface area contributed by atoms with E-state index in [-0.39, 0.29) is 17.7 Å². The third-order valence-corrected chi connectivity index (χ3v) is 9.52. The fraction of sp³-hybridized carbons (Fsp3) is 0.739. The summed E-state index contributed by atoms with van der Waals surface area (Å²) in [5.74, 6) is 1.14. The minimum atomic E-state index is -0.318. The molecule has 4 nitrogen and oxygen atoms in total. The van der Waals surface area contributed by atoms with Gasteiger partial charge in [0.25, 0.3) is 0 Å². The van der Waals surface area contributed by atoms with Gasteiger partial charge < -0.3 is 10.2 Å². The van der Waals surface area contributed by atoms with E-state index in [2.05, 4.69) is 50.1 Å². The van der Waals surface area contributed by atoms with Gasteiger partial charge in [-0.2, -0.15) is 0 Å². The van der Waals surface area contributed by atoms with Gasteiger partial charge in [-0.25, -0.2) is 0 Å². The van der Waals surface area contributed by atoms with E-state index in [0.717, 1.165) is 36.7 Å². The fourth-order valence-electron chi connectivity index (χ4n) is 9.03. The summed E-state index contributed by atoms with van der Waals surface area (Å²) in [5.41, 5.74) is 2.73. The largest absolute Gasteiger partial charge is 0.392 e. The maximum Gasteiger partial charge on any atom is 0.137 e. The van der Waals surface area contributed by atoms with Crippen molar-refractivity contribution < 1.29 is 10.2 Å². The number of aliphatic hydroxyl groups excluding tert-OH is 2. The summed E-state index contributed by atoms with van der Waals surface area (Å²) in [6.45, 7) is 5.59. The highest BCUT2D eigenvalue weighted by atomic mass is 16.3. The molecule has 2 unspecified atom stereocenters. The maximum absolute atomic E-state index is 11.9. The lowest BCUT2D eigenvalue weighted by Gasteiger charge is -2.62. The van der Waals surface area contributed by atoms with Gasteiger partial charge in [0.1, 0.15) is 18.0 Å². The summed E-state index contributed by atoms with van der Waals surface area (Å²) in [6.07, 6.45) is 3.75. The number of fused-ring (bicyclic) bond motifs is 2. The number of likely N-dealkylation sites (N-methyl/N-ethyl adjacent to an activating group) is 1.